The highest BCUT2D eigenvalue weighted by atomic mass is 15.2. The predicted molar refractivity (Wildman–Crippen MR) is 76.7 cm³/mol. The zero-order valence-corrected chi connectivity index (χ0v) is 12.0. The van der Waals surface area contributed by atoms with E-state index in [1.165, 1.54) is 71.1 Å². The van der Waals surface area contributed by atoms with Crippen LogP contribution < -0.4 is 5.32 Å². The van der Waals surface area contributed by atoms with Crippen molar-refractivity contribution in [3.8, 4) is 0 Å². The van der Waals surface area contributed by atoms with Crippen LogP contribution in [0.3, 0.4) is 0 Å². The average molecular weight is 250 g/mol. The first kappa shape index (κ1) is 12.9. The summed E-state index contributed by atoms with van der Waals surface area (Å²) in [5, 5.41) is 3.59. The van der Waals surface area contributed by atoms with Gasteiger partial charge in [0.05, 0.1) is 0 Å². The number of rotatable bonds is 4. The van der Waals surface area contributed by atoms with Crippen molar-refractivity contribution in [2.75, 3.05) is 26.2 Å². The van der Waals surface area contributed by atoms with Gasteiger partial charge in [0.2, 0.25) is 0 Å². The second-order valence-electron chi connectivity index (χ2n) is 6.85. The number of nitrogens with one attached hydrogen (secondary N) is 1. The van der Waals surface area contributed by atoms with Crippen molar-refractivity contribution in [2.24, 2.45) is 17.8 Å². The van der Waals surface area contributed by atoms with E-state index >= 15 is 0 Å². The standard InChI is InChI=1S/C16H30N2/c1-2-16-15-11-17-10-14(15)12-18(16)9-8-13-6-4-3-5-7-13/h13-17H,2-12H2,1H3. The van der Waals surface area contributed by atoms with Crippen LogP contribution in [0.1, 0.15) is 51.9 Å². The van der Waals surface area contributed by atoms with Crippen molar-refractivity contribution in [2.45, 2.75) is 57.9 Å². The molecule has 1 saturated carbocycles. The monoisotopic (exact) mass is 250 g/mol. The van der Waals surface area contributed by atoms with Crippen molar-refractivity contribution in [3.05, 3.63) is 0 Å². The van der Waals surface area contributed by atoms with Crippen molar-refractivity contribution in [1.29, 1.82) is 0 Å². The van der Waals surface area contributed by atoms with Crippen molar-refractivity contribution >= 4 is 0 Å². The SMILES string of the molecule is CCC1C2CNCC2CN1CCC1CCCCC1. The molecule has 3 aliphatic rings. The van der Waals surface area contributed by atoms with Crippen LogP contribution in [0.15, 0.2) is 0 Å². The number of likely N-dealkylation sites (tertiary alicyclic amines) is 1. The fourth-order valence-corrected chi connectivity index (χ4v) is 4.75. The highest BCUT2D eigenvalue weighted by Gasteiger charge is 2.42. The van der Waals surface area contributed by atoms with E-state index in [1.54, 1.807) is 0 Å². The maximum atomic E-state index is 3.59. The Bertz CT molecular complexity index is 260. The van der Waals surface area contributed by atoms with E-state index in [-0.39, 0.29) is 0 Å². The fourth-order valence-electron chi connectivity index (χ4n) is 4.75. The molecule has 104 valence electrons. The summed E-state index contributed by atoms with van der Waals surface area (Å²) >= 11 is 0. The van der Waals surface area contributed by atoms with Crippen LogP contribution in [-0.2, 0) is 0 Å². The van der Waals surface area contributed by atoms with Gasteiger partial charge in [-0.25, -0.2) is 0 Å². The van der Waals surface area contributed by atoms with Crippen LogP contribution in [0.25, 0.3) is 0 Å². The van der Waals surface area contributed by atoms with Crippen LogP contribution in [-0.4, -0.2) is 37.1 Å². The minimum absolute atomic E-state index is 0.883. The van der Waals surface area contributed by atoms with Crippen LogP contribution in [0, 0.1) is 17.8 Å². The molecule has 2 aliphatic heterocycles. The summed E-state index contributed by atoms with van der Waals surface area (Å²) in [6, 6.07) is 0.883. The van der Waals surface area contributed by atoms with Gasteiger partial charge in [-0.15, -0.1) is 0 Å². The zero-order chi connectivity index (χ0) is 12.4. The summed E-state index contributed by atoms with van der Waals surface area (Å²) < 4.78 is 0. The molecule has 0 amide bonds. The van der Waals surface area contributed by atoms with Gasteiger partial charge in [-0.2, -0.15) is 0 Å². The minimum Gasteiger partial charge on any atom is -0.316 e. The first-order chi connectivity index (χ1) is 8.88. The topological polar surface area (TPSA) is 15.3 Å². The molecule has 2 nitrogen and oxygen atoms in total. The molecular weight excluding hydrogens is 220 g/mol. The molecule has 0 radical (unpaired) electrons. The summed E-state index contributed by atoms with van der Waals surface area (Å²) in [7, 11) is 0. The molecule has 1 aliphatic carbocycles. The summed E-state index contributed by atoms with van der Waals surface area (Å²) in [5.41, 5.74) is 0. The highest BCUT2D eigenvalue weighted by molar-refractivity contribution is 4.97. The van der Waals surface area contributed by atoms with Crippen molar-refractivity contribution in [3.63, 3.8) is 0 Å². The van der Waals surface area contributed by atoms with Gasteiger partial charge < -0.3 is 5.32 Å². The zero-order valence-electron chi connectivity index (χ0n) is 12.0. The van der Waals surface area contributed by atoms with E-state index in [0.717, 1.165) is 23.8 Å². The van der Waals surface area contributed by atoms with E-state index in [2.05, 4.69) is 17.1 Å². The van der Waals surface area contributed by atoms with E-state index in [4.69, 9.17) is 0 Å². The Balaban J connectivity index is 1.49. The van der Waals surface area contributed by atoms with Gasteiger partial charge in [0.1, 0.15) is 0 Å². The van der Waals surface area contributed by atoms with Crippen LogP contribution >= 0.6 is 0 Å². The first-order valence-corrected chi connectivity index (χ1v) is 8.33. The van der Waals surface area contributed by atoms with Gasteiger partial charge in [-0.05, 0) is 50.2 Å². The summed E-state index contributed by atoms with van der Waals surface area (Å²) in [6.45, 7) is 7.71. The molecule has 0 aromatic carbocycles. The second kappa shape index (κ2) is 5.92. The summed E-state index contributed by atoms with van der Waals surface area (Å²) in [6.07, 6.45) is 10.3. The number of hydrogen-bond donors (Lipinski definition) is 1. The number of fused-ring (bicyclic) bond motifs is 1. The molecule has 2 heterocycles. The molecule has 3 unspecified atom stereocenters. The Labute approximate surface area is 113 Å². The molecule has 0 bridgehead atoms. The van der Waals surface area contributed by atoms with E-state index in [9.17, 15) is 0 Å². The first-order valence-electron chi connectivity index (χ1n) is 8.33. The fraction of sp³-hybridized carbons (Fsp3) is 1.00. The van der Waals surface area contributed by atoms with E-state index in [1.807, 2.05) is 0 Å². The third-order valence-electron chi connectivity index (χ3n) is 5.79. The lowest BCUT2D eigenvalue weighted by Gasteiger charge is -2.29. The largest absolute Gasteiger partial charge is 0.316 e. The normalized spacial score (nSPS) is 38.2. The maximum absolute atomic E-state index is 3.59. The molecule has 1 N–H and O–H groups in total. The van der Waals surface area contributed by atoms with Gasteiger partial charge in [-0.1, -0.05) is 39.0 Å². The second-order valence-corrected chi connectivity index (χ2v) is 6.85. The Morgan fingerprint density at radius 2 is 1.94 bits per heavy atom. The Hall–Kier alpha value is -0.0800. The van der Waals surface area contributed by atoms with Crippen LogP contribution in [0.2, 0.25) is 0 Å². The third kappa shape index (κ3) is 2.60. The summed E-state index contributed by atoms with van der Waals surface area (Å²) in [4.78, 5) is 2.84. The molecule has 0 spiro atoms. The third-order valence-corrected chi connectivity index (χ3v) is 5.79. The lowest BCUT2D eigenvalue weighted by atomic mass is 9.87. The van der Waals surface area contributed by atoms with Gasteiger partial charge in [0.15, 0.2) is 0 Å². The molecule has 0 aromatic heterocycles. The van der Waals surface area contributed by atoms with Crippen molar-refractivity contribution in [1.82, 2.24) is 10.2 Å². The molecule has 3 rings (SSSR count). The van der Waals surface area contributed by atoms with Crippen molar-refractivity contribution < 1.29 is 0 Å². The van der Waals surface area contributed by atoms with Gasteiger partial charge in [0.25, 0.3) is 0 Å². The smallest absolute Gasteiger partial charge is 0.0137 e. The molecular formula is C16H30N2. The molecule has 0 aromatic rings. The number of hydrogen-bond acceptors (Lipinski definition) is 2. The van der Waals surface area contributed by atoms with Gasteiger partial charge in [-0.3, -0.25) is 4.90 Å². The number of nitrogens with zero attached hydrogens (tertiary/aromatic N) is 1. The van der Waals surface area contributed by atoms with Crippen LogP contribution in [0.5, 0.6) is 0 Å². The van der Waals surface area contributed by atoms with Gasteiger partial charge >= 0.3 is 0 Å². The quantitative estimate of drug-likeness (QED) is 0.825. The van der Waals surface area contributed by atoms with Gasteiger partial charge in [0, 0.05) is 12.6 Å². The molecule has 2 heteroatoms. The lowest BCUT2D eigenvalue weighted by molar-refractivity contribution is 0.193. The Kier molecular flexibility index (Phi) is 4.25. The molecule has 2 saturated heterocycles. The predicted octanol–water partition coefficient (Wildman–Crippen LogP) is 2.89. The highest BCUT2D eigenvalue weighted by Crippen LogP contribution is 2.35. The van der Waals surface area contributed by atoms with Crippen LogP contribution in [0.4, 0.5) is 0 Å². The lowest BCUT2D eigenvalue weighted by Crippen LogP contribution is -2.36. The Morgan fingerprint density at radius 3 is 2.72 bits per heavy atom. The average Bonchev–Trinajstić information content (AvgIpc) is 2.97. The molecule has 18 heavy (non-hydrogen) atoms. The van der Waals surface area contributed by atoms with E-state index in [0.29, 0.717) is 0 Å². The minimum atomic E-state index is 0.883. The molecule has 3 fully saturated rings. The Morgan fingerprint density at radius 1 is 1.11 bits per heavy atom. The summed E-state index contributed by atoms with van der Waals surface area (Å²) in [5.74, 6) is 2.97. The molecule has 3 atom stereocenters. The maximum Gasteiger partial charge on any atom is 0.0137 e. The van der Waals surface area contributed by atoms with E-state index < -0.39 is 0 Å².